The molecule has 1 heterocycles. The molecule has 0 aliphatic rings. The third-order valence-electron chi connectivity index (χ3n) is 2.34. The number of ether oxygens (including phenoxy) is 1. The Morgan fingerprint density at radius 2 is 2.28 bits per heavy atom. The van der Waals surface area contributed by atoms with Crippen molar-refractivity contribution in [3.8, 4) is 0 Å². The zero-order valence-corrected chi connectivity index (χ0v) is 10.6. The van der Waals surface area contributed by atoms with E-state index in [-0.39, 0.29) is 18.0 Å². The zero-order chi connectivity index (χ0) is 13.7. The van der Waals surface area contributed by atoms with Crippen LogP contribution in [0.25, 0.3) is 0 Å². The van der Waals surface area contributed by atoms with Crippen LogP contribution in [0.2, 0.25) is 0 Å². The minimum absolute atomic E-state index is 0.0415. The van der Waals surface area contributed by atoms with E-state index in [2.05, 4.69) is 15.3 Å². The molecule has 7 nitrogen and oxygen atoms in total. The van der Waals surface area contributed by atoms with E-state index in [9.17, 15) is 9.59 Å². The molecule has 100 valence electrons. The minimum Gasteiger partial charge on any atom is -0.479 e. The molecule has 3 N–H and O–H groups in total. The Hall–Kier alpha value is -1.89. The topological polar surface area (TPSA) is 104 Å². The van der Waals surface area contributed by atoms with Crippen molar-refractivity contribution >= 4 is 11.8 Å². The number of aliphatic carboxylic acids is 1. The fourth-order valence-electron chi connectivity index (χ4n) is 1.31. The molecule has 0 radical (unpaired) electrons. The van der Waals surface area contributed by atoms with Crippen molar-refractivity contribution in [3.05, 3.63) is 22.2 Å². The number of aromatic amines is 1. The van der Waals surface area contributed by atoms with Gasteiger partial charge in [0.25, 0.3) is 5.56 Å². The Morgan fingerprint density at radius 1 is 1.61 bits per heavy atom. The average Bonchev–Trinajstić information content (AvgIpc) is 2.28. The number of methoxy groups -OCH3 is 1. The summed E-state index contributed by atoms with van der Waals surface area (Å²) in [7, 11) is 1.31. The molecule has 0 bridgehead atoms. The highest BCUT2D eigenvalue weighted by atomic mass is 16.5. The second-order valence-electron chi connectivity index (χ2n) is 4.11. The van der Waals surface area contributed by atoms with Crippen LogP contribution < -0.4 is 10.9 Å². The standard InChI is InChI=1S/C11H17N3O4/c1-6(2)10-13-8(4-9(15)14-10)12-5-7(18-3)11(16)17/h4,6-7H,5H2,1-3H3,(H,16,17)(H2,12,13,14,15). The lowest BCUT2D eigenvalue weighted by molar-refractivity contribution is -0.147. The van der Waals surface area contributed by atoms with Crippen LogP contribution in [0.1, 0.15) is 25.6 Å². The number of rotatable bonds is 6. The van der Waals surface area contributed by atoms with E-state index < -0.39 is 12.1 Å². The molecule has 0 fully saturated rings. The number of hydrogen-bond donors (Lipinski definition) is 3. The number of hydrogen-bond acceptors (Lipinski definition) is 5. The molecule has 1 unspecified atom stereocenters. The first-order valence-corrected chi connectivity index (χ1v) is 5.54. The van der Waals surface area contributed by atoms with Crippen molar-refractivity contribution in [2.45, 2.75) is 25.9 Å². The SMILES string of the molecule is COC(CNc1cc(=O)[nH]c(C(C)C)n1)C(=O)O. The molecule has 0 spiro atoms. The molecule has 0 saturated carbocycles. The zero-order valence-electron chi connectivity index (χ0n) is 10.6. The number of H-pyrrole nitrogens is 1. The maximum atomic E-state index is 11.4. The van der Waals surface area contributed by atoms with Crippen molar-refractivity contribution < 1.29 is 14.6 Å². The summed E-state index contributed by atoms with van der Waals surface area (Å²) in [5.74, 6) is -0.101. The van der Waals surface area contributed by atoms with Gasteiger partial charge in [0.05, 0.1) is 6.54 Å². The molecular weight excluding hydrogens is 238 g/mol. The fourth-order valence-corrected chi connectivity index (χ4v) is 1.31. The van der Waals surface area contributed by atoms with Crippen LogP contribution in [0.5, 0.6) is 0 Å². The molecule has 0 amide bonds. The van der Waals surface area contributed by atoms with Crippen LogP contribution in [0.3, 0.4) is 0 Å². The molecular formula is C11H17N3O4. The van der Waals surface area contributed by atoms with Gasteiger partial charge in [-0.25, -0.2) is 9.78 Å². The number of nitrogens with zero attached hydrogens (tertiary/aromatic N) is 1. The molecule has 1 rings (SSSR count). The summed E-state index contributed by atoms with van der Waals surface area (Å²) in [5, 5.41) is 11.6. The number of aromatic nitrogens is 2. The second kappa shape index (κ2) is 6.15. The van der Waals surface area contributed by atoms with Crippen LogP contribution >= 0.6 is 0 Å². The highest BCUT2D eigenvalue weighted by Crippen LogP contribution is 2.09. The third-order valence-corrected chi connectivity index (χ3v) is 2.34. The lowest BCUT2D eigenvalue weighted by atomic mass is 10.2. The summed E-state index contributed by atoms with van der Waals surface area (Å²) in [6.45, 7) is 3.84. The Morgan fingerprint density at radius 3 is 2.78 bits per heavy atom. The van der Waals surface area contributed by atoms with E-state index in [1.807, 2.05) is 13.8 Å². The summed E-state index contributed by atoms with van der Waals surface area (Å²) < 4.78 is 4.77. The molecule has 1 atom stereocenters. The van der Waals surface area contributed by atoms with Crippen LogP contribution in [0.4, 0.5) is 5.82 Å². The van der Waals surface area contributed by atoms with E-state index in [0.29, 0.717) is 11.6 Å². The average molecular weight is 255 g/mol. The van der Waals surface area contributed by atoms with Crippen LogP contribution in [0, 0.1) is 0 Å². The summed E-state index contributed by atoms with van der Waals surface area (Å²) in [6.07, 6.45) is -0.978. The third kappa shape index (κ3) is 3.85. The van der Waals surface area contributed by atoms with Gasteiger partial charge in [0, 0.05) is 19.1 Å². The van der Waals surface area contributed by atoms with E-state index in [1.165, 1.54) is 13.2 Å². The monoisotopic (exact) mass is 255 g/mol. The number of carbonyl (C=O) groups is 1. The Bertz CT molecular complexity index is 470. The molecule has 0 saturated heterocycles. The van der Waals surface area contributed by atoms with Gasteiger partial charge in [0.15, 0.2) is 6.10 Å². The van der Waals surface area contributed by atoms with Crippen molar-refractivity contribution in [3.63, 3.8) is 0 Å². The maximum absolute atomic E-state index is 11.4. The Balaban J connectivity index is 2.79. The number of nitrogens with one attached hydrogen (secondary N) is 2. The molecule has 1 aromatic rings. The van der Waals surface area contributed by atoms with Gasteiger partial charge in [-0.3, -0.25) is 4.79 Å². The minimum atomic E-state index is -1.07. The van der Waals surface area contributed by atoms with Gasteiger partial charge in [0.1, 0.15) is 11.6 Å². The predicted octanol–water partition coefficient (Wildman–Crippen LogP) is 0.405. The van der Waals surface area contributed by atoms with Gasteiger partial charge < -0.3 is 20.1 Å². The van der Waals surface area contributed by atoms with Crippen molar-refractivity contribution in [1.82, 2.24) is 9.97 Å². The largest absolute Gasteiger partial charge is 0.479 e. The fraction of sp³-hybridized carbons (Fsp3) is 0.545. The highest BCUT2D eigenvalue weighted by molar-refractivity contribution is 5.73. The van der Waals surface area contributed by atoms with Gasteiger partial charge in [0.2, 0.25) is 0 Å². The van der Waals surface area contributed by atoms with Gasteiger partial charge in [-0.1, -0.05) is 13.8 Å². The van der Waals surface area contributed by atoms with Crippen LogP contribution in [0.15, 0.2) is 10.9 Å². The molecule has 1 aromatic heterocycles. The molecule has 7 heteroatoms. The summed E-state index contributed by atoms with van der Waals surface area (Å²) in [5.41, 5.74) is -0.277. The van der Waals surface area contributed by atoms with Gasteiger partial charge in [-0.15, -0.1) is 0 Å². The van der Waals surface area contributed by atoms with E-state index >= 15 is 0 Å². The number of anilines is 1. The van der Waals surface area contributed by atoms with Crippen molar-refractivity contribution in [2.75, 3.05) is 19.0 Å². The molecule has 0 aliphatic heterocycles. The first-order valence-electron chi connectivity index (χ1n) is 5.54. The van der Waals surface area contributed by atoms with Crippen molar-refractivity contribution in [1.29, 1.82) is 0 Å². The first-order chi connectivity index (χ1) is 8.43. The molecule has 0 aliphatic carbocycles. The molecule has 18 heavy (non-hydrogen) atoms. The summed E-state index contributed by atoms with van der Waals surface area (Å²) in [6, 6.07) is 1.28. The van der Waals surface area contributed by atoms with E-state index in [4.69, 9.17) is 9.84 Å². The first kappa shape index (κ1) is 14.2. The summed E-state index contributed by atoms with van der Waals surface area (Å²) in [4.78, 5) is 28.9. The number of carboxylic acid groups (broad SMARTS) is 1. The maximum Gasteiger partial charge on any atom is 0.334 e. The lowest BCUT2D eigenvalue weighted by Gasteiger charge is -2.13. The number of carboxylic acids is 1. The Labute approximate surface area is 104 Å². The van der Waals surface area contributed by atoms with Gasteiger partial charge in [-0.05, 0) is 0 Å². The lowest BCUT2D eigenvalue weighted by Crippen LogP contribution is -2.31. The Kier molecular flexibility index (Phi) is 4.85. The normalized spacial score (nSPS) is 12.4. The second-order valence-corrected chi connectivity index (χ2v) is 4.11. The van der Waals surface area contributed by atoms with Crippen molar-refractivity contribution in [2.24, 2.45) is 0 Å². The quantitative estimate of drug-likeness (QED) is 0.680. The van der Waals surface area contributed by atoms with Gasteiger partial charge >= 0.3 is 5.97 Å². The summed E-state index contributed by atoms with van der Waals surface area (Å²) >= 11 is 0. The van der Waals surface area contributed by atoms with E-state index in [0.717, 1.165) is 0 Å². The molecule has 0 aromatic carbocycles. The van der Waals surface area contributed by atoms with Crippen LogP contribution in [-0.2, 0) is 9.53 Å². The predicted molar refractivity (Wildman–Crippen MR) is 65.9 cm³/mol. The van der Waals surface area contributed by atoms with E-state index in [1.54, 1.807) is 0 Å². The highest BCUT2D eigenvalue weighted by Gasteiger charge is 2.16. The smallest absolute Gasteiger partial charge is 0.334 e. The van der Waals surface area contributed by atoms with Crippen LogP contribution in [-0.4, -0.2) is 40.8 Å². The van der Waals surface area contributed by atoms with Gasteiger partial charge in [-0.2, -0.15) is 0 Å².